The molecule has 114 valence electrons. The summed E-state index contributed by atoms with van der Waals surface area (Å²) in [6, 6.07) is 0. The smallest absolute Gasteiger partial charge is 0.150 e. The Balaban J connectivity index is 2.50. The highest BCUT2D eigenvalue weighted by atomic mass is 32.2. The fourth-order valence-corrected chi connectivity index (χ4v) is 3.81. The fraction of sp³-hybridized carbons (Fsp3) is 1.00. The molecule has 0 saturated heterocycles. The number of hydrogen-bond acceptors (Lipinski definition) is 4. The van der Waals surface area contributed by atoms with Gasteiger partial charge in [-0.1, -0.05) is 26.2 Å². The van der Waals surface area contributed by atoms with E-state index in [0.29, 0.717) is 19.4 Å². The predicted octanol–water partition coefficient (Wildman–Crippen LogP) is 2.30. The predicted molar refractivity (Wildman–Crippen MR) is 77.0 cm³/mol. The van der Waals surface area contributed by atoms with Gasteiger partial charge in [-0.25, -0.2) is 8.42 Å². The van der Waals surface area contributed by atoms with Crippen LogP contribution in [0, 0.1) is 0 Å². The van der Waals surface area contributed by atoms with Crippen molar-refractivity contribution in [1.82, 2.24) is 0 Å². The quantitative estimate of drug-likeness (QED) is 0.745. The molecule has 0 bridgehead atoms. The lowest BCUT2D eigenvalue weighted by Gasteiger charge is -2.41. The Morgan fingerprint density at radius 2 is 1.84 bits per heavy atom. The molecule has 1 saturated carbocycles. The molecule has 0 radical (unpaired) electrons. The molecule has 5 heteroatoms. The Hall–Kier alpha value is -0.130. The maximum absolute atomic E-state index is 11.4. The van der Waals surface area contributed by atoms with Crippen LogP contribution in [-0.2, 0) is 14.6 Å². The molecule has 1 rings (SSSR count). The summed E-state index contributed by atoms with van der Waals surface area (Å²) in [5, 5.41) is 10.4. The Bertz CT molecular complexity index is 339. The highest BCUT2D eigenvalue weighted by Gasteiger charge is 2.39. The number of hydrogen-bond donors (Lipinski definition) is 1. The van der Waals surface area contributed by atoms with Crippen molar-refractivity contribution in [3.05, 3.63) is 0 Å². The van der Waals surface area contributed by atoms with Gasteiger partial charge in [-0.05, 0) is 32.6 Å². The summed E-state index contributed by atoms with van der Waals surface area (Å²) in [4.78, 5) is 0. The van der Waals surface area contributed by atoms with Crippen molar-refractivity contribution in [2.24, 2.45) is 0 Å². The van der Waals surface area contributed by atoms with E-state index in [0.717, 1.165) is 25.7 Å². The zero-order valence-corrected chi connectivity index (χ0v) is 13.0. The van der Waals surface area contributed by atoms with E-state index in [4.69, 9.17) is 4.74 Å². The molecule has 0 amide bonds. The lowest BCUT2D eigenvalue weighted by atomic mass is 9.79. The number of aliphatic hydroxyl groups is 1. The van der Waals surface area contributed by atoms with Gasteiger partial charge >= 0.3 is 0 Å². The Morgan fingerprint density at radius 1 is 1.21 bits per heavy atom. The van der Waals surface area contributed by atoms with E-state index in [9.17, 15) is 13.5 Å². The second-order valence-electron chi connectivity index (χ2n) is 5.45. The van der Waals surface area contributed by atoms with Gasteiger partial charge in [-0.2, -0.15) is 0 Å². The van der Waals surface area contributed by atoms with Gasteiger partial charge < -0.3 is 9.84 Å². The molecule has 0 aromatic carbocycles. The minimum atomic E-state index is -2.93. The van der Waals surface area contributed by atoms with Crippen LogP contribution in [0.1, 0.15) is 58.8 Å². The van der Waals surface area contributed by atoms with E-state index in [2.05, 4.69) is 0 Å². The van der Waals surface area contributed by atoms with Gasteiger partial charge in [0, 0.05) is 12.4 Å². The first-order chi connectivity index (χ1) is 8.96. The minimum Gasteiger partial charge on any atom is -0.390 e. The van der Waals surface area contributed by atoms with Crippen LogP contribution < -0.4 is 0 Å². The average molecular weight is 292 g/mol. The van der Waals surface area contributed by atoms with Gasteiger partial charge in [0.05, 0.1) is 17.5 Å². The monoisotopic (exact) mass is 292 g/mol. The molecule has 1 unspecified atom stereocenters. The van der Waals surface area contributed by atoms with Gasteiger partial charge in [0.2, 0.25) is 0 Å². The minimum absolute atomic E-state index is 0.169. The molecular weight excluding hydrogens is 264 g/mol. The maximum Gasteiger partial charge on any atom is 0.150 e. The number of sulfone groups is 1. The van der Waals surface area contributed by atoms with Crippen LogP contribution in [0.2, 0.25) is 0 Å². The lowest BCUT2D eigenvalue weighted by Crippen LogP contribution is -2.46. The number of ether oxygens (including phenoxy) is 1. The summed E-state index contributed by atoms with van der Waals surface area (Å²) < 4.78 is 28.7. The topological polar surface area (TPSA) is 63.6 Å². The number of rotatable bonds is 8. The van der Waals surface area contributed by atoms with E-state index in [1.54, 1.807) is 6.92 Å². The molecule has 1 aliphatic carbocycles. The van der Waals surface area contributed by atoms with Crippen LogP contribution in [0.25, 0.3) is 0 Å². The highest BCUT2D eigenvalue weighted by Crippen LogP contribution is 2.36. The van der Waals surface area contributed by atoms with Crippen LogP contribution in [-0.4, -0.2) is 43.3 Å². The molecule has 1 atom stereocenters. The van der Waals surface area contributed by atoms with Crippen LogP contribution >= 0.6 is 0 Å². The van der Waals surface area contributed by atoms with Crippen molar-refractivity contribution in [1.29, 1.82) is 0 Å². The Morgan fingerprint density at radius 3 is 2.37 bits per heavy atom. The van der Waals surface area contributed by atoms with Gasteiger partial charge in [0.15, 0.2) is 0 Å². The zero-order chi connectivity index (χ0) is 14.4. The van der Waals surface area contributed by atoms with Gasteiger partial charge in [-0.3, -0.25) is 0 Å². The van der Waals surface area contributed by atoms with E-state index in [1.807, 2.05) is 6.92 Å². The largest absolute Gasteiger partial charge is 0.390 e. The average Bonchev–Trinajstić information content (AvgIpc) is 2.40. The molecule has 0 aromatic heterocycles. The van der Waals surface area contributed by atoms with E-state index in [1.165, 1.54) is 6.42 Å². The van der Waals surface area contributed by atoms with E-state index in [-0.39, 0.29) is 11.5 Å². The summed E-state index contributed by atoms with van der Waals surface area (Å²) in [6.07, 6.45) is 5.65. The van der Waals surface area contributed by atoms with Crippen molar-refractivity contribution in [3.8, 4) is 0 Å². The van der Waals surface area contributed by atoms with Gasteiger partial charge in [-0.15, -0.1) is 0 Å². The molecule has 0 aromatic rings. The van der Waals surface area contributed by atoms with Crippen molar-refractivity contribution in [3.63, 3.8) is 0 Å². The first-order valence-electron chi connectivity index (χ1n) is 7.48. The van der Waals surface area contributed by atoms with Crippen molar-refractivity contribution in [2.45, 2.75) is 70.5 Å². The molecule has 0 spiro atoms. The van der Waals surface area contributed by atoms with Crippen molar-refractivity contribution < 1.29 is 18.3 Å². The molecule has 1 fully saturated rings. The van der Waals surface area contributed by atoms with Gasteiger partial charge in [0.25, 0.3) is 0 Å². The highest BCUT2D eigenvalue weighted by molar-refractivity contribution is 7.91. The second kappa shape index (κ2) is 7.60. The van der Waals surface area contributed by atoms with Crippen LogP contribution in [0.4, 0.5) is 0 Å². The van der Waals surface area contributed by atoms with E-state index < -0.39 is 21.5 Å². The summed E-state index contributed by atoms with van der Waals surface area (Å²) in [5.41, 5.74) is -0.428. The third-order valence-electron chi connectivity index (χ3n) is 4.11. The standard InChI is InChI=1S/C14H28O4S/c1-3-18-14(10-6-5-7-11-14)13(15)9-8-12-19(16,17)4-2/h13,15H,3-12H2,1-2H3. The van der Waals surface area contributed by atoms with Crippen LogP contribution in [0.15, 0.2) is 0 Å². The Labute approximate surface area is 117 Å². The van der Waals surface area contributed by atoms with Crippen molar-refractivity contribution >= 4 is 9.84 Å². The summed E-state index contributed by atoms with van der Waals surface area (Å²) >= 11 is 0. The SMILES string of the molecule is CCOC1(C(O)CCCS(=O)(=O)CC)CCCCC1. The first-order valence-corrected chi connectivity index (χ1v) is 9.30. The third-order valence-corrected chi connectivity index (χ3v) is 5.90. The normalized spacial score (nSPS) is 21.2. The summed E-state index contributed by atoms with van der Waals surface area (Å²) in [5.74, 6) is 0.350. The molecule has 4 nitrogen and oxygen atoms in total. The summed E-state index contributed by atoms with van der Waals surface area (Å²) in [6.45, 7) is 4.21. The summed E-state index contributed by atoms with van der Waals surface area (Å²) in [7, 11) is -2.93. The molecule has 1 N–H and O–H groups in total. The van der Waals surface area contributed by atoms with Crippen LogP contribution in [0.3, 0.4) is 0 Å². The third kappa shape index (κ3) is 5.04. The maximum atomic E-state index is 11.4. The first kappa shape index (κ1) is 16.9. The Kier molecular flexibility index (Phi) is 6.77. The zero-order valence-electron chi connectivity index (χ0n) is 12.2. The number of aliphatic hydroxyl groups excluding tert-OH is 1. The molecular formula is C14H28O4S. The second-order valence-corrected chi connectivity index (χ2v) is 7.93. The molecule has 0 aliphatic heterocycles. The van der Waals surface area contributed by atoms with Crippen LogP contribution in [0.5, 0.6) is 0 Å². The molecule has 19 heavy (non-hydrogen) atoms. The lowest BCUT2D eigenvalue weighted by molar-refractivity contribution is -0.141. The molecule has 0 heterocycles. The van der Waals surface area contributed by atoms with Crippen molar-refractivity contribution in [2.75, 3.05) is 18.1 Å². The van der Waals surface area contributed by atoms with Gasteiger partial charge in [0.1, 0.15) is 9.84 Å². The molecule has 1 aliphatic rings. The fourth-order valence-electron chi connectivity index (χ4n) is 2.92. The van der Waals surface area contributed by atoms with E-state index >= 15 is 0 Å².